The molecule has 3 atom stereocenters. The van der Waals surface area contributed by atoms with Crippen molar-refractivity contribution >= 4 is 80.4 Å². The molecule has 4 aliphatic rings. The third-order valence-electron chi connectivity index (χ3n) is 25.3. The lowest BCUT2D eigenvalue weighted by molar-refractivity contribution is -0.133. The summed E-state index contributed by atoms with van der Waals surface area (Å²) >= 11 is 0. The van der Waals surface area contributed by atoms with Gasteiger partial charge in [0, 0.05) is 95.9 Å². The van der Waals surface area contributed by atoms with Crippen molar-refractivity contribution in [3.63, 3.8) is 0 Å². The highest BCUT2D eigenvalue weighted by Gasteiger charge is 2.49. The van der Waals surface area contributed by atoms with Gasteiger partial charge in [0.25, 0.3) is 0 Å². The maximum Gasteiger partial charge on any atom is 0.534 e. The van der Waals surface area contributed by atoms with Crippen LogP contribution in [0.1, 0.15) is 373 Å². The van der Waals surface area contributed by atoms with Gasteiger partial charge in [0.15, 0.2) is 23.1 Å². The van der Waals surface area contributed by atoms with E-state index in [1.807, 2.05) is 131 Å². The summed E-state index contributed by atoms with van der Waals surface area (Å²) in [7, 11) is -5.79. The average molecular weight is 1990 g/mol. The van der Waals surface area contributed by atoms with Gasteiger partial charge in [-0.2, -0.15) is 21.6 Å². The first kappa shape index (κ1) is 121. The van der Waals surface area contributed by atoms with Crippen molar-refractivity contribution in [3.8, 4) is 11.5 Å². The number of amides is 6. The summed E-state index contributed by atoms with van der Waals surface area (Å²) in [5.74, 6) is -0.605. The number of carbonyl (C=O) groups is 9. The van der Waals surface area contributed by atoms with Crippen molar-refractivity contribution in [2.75, 3.05) is 52.4 Å². The van der Waals surface area contributed by atoms with E-state index in [9.17, 15) is 69.8 Å². The number of halogens is 3. The normalized spacial score (nSPS) is 14.9. The number of piperidine rings is 1. The van der Waals surface area contributed by atoms with Gasteiger partial charge in [-0.05, 0) is 426 Å². The smallest absolute Gasteiger partial charge is 0.507 e. The molecule has 0 bridgehead atoms. The van der Waals surface area contributed by atoms with Crippen LogP contribution in [-0.4, -0.2) is 195 Å². The number of aromatic hydroxyl groups is 1. The first-order valence-electron chi connectivity index (χ1n) is 49.4. The largest absolute Gasteiger partial charge is 0.534 e. The number of phenolic OH excluding ortho intramolecular Hbond substituents is 1. The summed E-state index contributed by atoms with van der Waals surface area (Å²) in [6.45, 7) is 78.0. The molecule has 0 aromatic heterocycles. The second-order valence-corrected chi connectivity index (χ2v) is 44.6. The number of hydrogen-bond acceptors (Lipinski definition) is 18. The van der Waals surface area contributed by atoms with Gasteiger partial charge in [-0.25, -0.2) is 19.2 Å². The minimum atomic E-state index is -5.79. The number of hydrogen-bond donors (Lipinski definition) is 2. The van der Waals surface area contributed by atoms with Crippen LogP contribution in [0.3, 0.4) is 0 Å². The van der Waals surface area contributed by atoms with Gasteiger partial charge in [-0.1, -0.05) is 74.5 Å². The molecule has 1 fully saturated rings. The number of likely N-dealkylation sites (tertiary alicyclic amines) is 1. The number of carbonyl (C=O) groups excluding carboxylic acids is 9. The minimum absolute atomic E-state index is 0.0145. The Morgan fingerprint density at radius 3 is 1.01 bits per heavy atom. The molecule has 4 heterocycles. The number of benzene rings is 6. The van der Waals surface area contributed by atoms with Crippen molar-refractivity contribution in [2.45, 2.75) is 365 Å². The molecule has 6 amide bonds. The standard InChI is InChI=1S/C25H40N2O3.C25H38N2O3.C23H36N2O2.C20H27NO3.C11H11F3O4S.C10H12O2/c2*1-16(2)27(20(6)28)19(5)22-14-17(3)18(4)15-23(22)21-10-12-26(13-11-21)24(29)30-25(7,8)9;1-15(2)24-18(5)20-13-16(3)17(4)14-21(20)19-9-11-25(12-10-19)22(26)27-23(6,7)8;1-13-11-17(15(3)22)18(12-14(13)2)16-7-9-21(10-8-16)19(23)24-20(4,5)6;1-6-4-9(8(3)15)10(5-7(6)2)18-19(16,17)11(12,13)14;1-6-4-9(8(3)11)10(12)5-7(6)2/h14-16,19,21H,10-13H2,1-9H3;10,14-16,19H,11-13H2,1-9H3;9,13-15,18,24H,10-12H2,1-8H3;7,11-12H,8-10H2,1-6H3;4-5H,1-3H3;4-5,12H,1-3H3. The Bertz CT molecular complexity index is 5750. The molecular weight excluding hydrogens is 1830 g/mol. The van der Waals surface area contributed by atoms with E-state index >= 15 is 0 Å². The van der Waals surface area contributed by atoms with E-state index in [2.05, 4.69) is 175 Å². The SMILES string of the molecule is CC(=O)N(C(C)C)C(C)c1cc(C)c(C)cc1C1=CCN(C(=O)OC(C)(C)C)CC1.CC(=O)N(C(C)C)C(C)c1cc(C)c(C)cc1C1CCN(C(=O)OC(C)(C)C)CC1.CC(=O)c1cc(C)c(C)cc1C1=CCN(C(=O)OC(C)(C)C)CC1.CC(=O)c1cc(C)c(C)cc1O.CC(=O)c1cc(C)c(C)cc1OS(=O)(=O)C(F)(F)F.Cc1cc(C2=CCN(C(=O)OC(C)(C)C)CC2)c(C(C)NC(C)C)cc1C. The van der Waals surface area contributed by atoms with Crippen LogP contribution < -0.4 is 9.50 Å². The molecule has 784 valence electrons. The molecule has 24 nitrogen and oxygen atoms in total. The van der Waals surface area contributed by atoms with Crippen LogP contribution in [0, 0.1) is 83.1 Å². The third-order valence-corrected chi connectivity index (χ3v) is 26.3. The molecule has 1 saturated heterocycles. The number of nitrogens with one attached hydrogen (secondary N) is 1. The first-order chi connectivity index (χ1) is 65.2. The van der Waals surface area contributed by atoms with Crippen LogP contribution in [-0.2, 0) is 38.7 Å². The van der Waals surface area contributed by atoms with Crippen LogP contribution in [0.5, 0.6) is 11.5 Å². The molecule has 142 heavy (non-hydrogen) atoms. The molecule has 0 spiro atoms. The quantitative estimate of drug-likeness (QED) is 0.0350. The van der Waals surface area contributed by atoms with E-state index in [4.69, 9.17) is 18.9 Å². The Kier molecular flexibility index (Phi) is 43.5. The molecule has 0 radical (unpaired) electrons. The van der Waals surface area contributed by atoms with Crippen molar-refractivity contribution in [3.05, 3.63) is 213 Å². The summed E-state index contributed by atoms with van der Waals surface area (Å²) < 4.78 is 84.6. The highest BCUT2D eigenvalue weighted by Crippen LogP contribution is 2.42. The topological polar surface area (TPSA) is 286 Å². The van der Waals surface area contributed by atoms with Crippen molar-refractivity contribution in [1.29, 1.82) is 0 Å². The lowest BCUT2D eigenvalue weighted by atomic mass is 9.82. The van der Waals surface area contributed by atoms with E-state index in [-0.39, 0.29) is 89.3 Å². The number of nitrogens with zero attached hydrogens (tertiary/aromatic N) is 6. The van der Waals surface area contributed by atoms with Gasteiger partial charge in [0.2, 0.25) is 11.8 Å². The fourth-order valence-corrected chi connectivity index (χ4v) is 17.7. The van der Waals surface area contributed by atoms with Gasteiger partial charge >= 0.3 is 40.0 Å². The van der Waals surface area contributed by atoms with E-state index in [1.54, 1.807) is 61.5 Å². The van der Waals surface area contributed by atoms with Gasteiger partial charge < -0.3 is 63.0 Å². The summed E-state index contributed by atoms with van der Waals surface area (Å²) in [6.07, 6.45) is 9.48. The monoisotopic (exact) mass is 1990 g/mol. The molecular formula is C114H164F3N7O17S. The fraction of sp³-hybridized carbons (Fsp3) is 0.553. The summed E-state index contributed by atoms with van der Waals surface area (Å²) in [5, 5.41) is 13.0. The van der Waals surface area contributed by atoms with Crippen molar-refractivity contribution < 1.29 is 93.0 Å². The lowest BCUT2D eigenvalue weighted by Gasteiger charge is -2.37. The fourth-order valence-electron chi connectivity index (χ4n) is 17.2. The van der Waals surface area contributed by atoms with Gasteiger partial charge in [0.1, 0.15) is 28.2 Å². The van der Waals surface area contributed by atoms with Gasteiger partial charge in [0.05, 0.1) is 23.2 Å². The van der Waals surface area contributed by atoms with Crippen LogP contribution in [0.25, 0.3) is 16.7 Å². The highest BCUT2D eigenvalue weighted by molar-refractivity contribution is 7.88. The Morgan fingerprint density at radius 1 is 0.380 bits per heavy atom. The number of rotatable bonds is 18. The molecule has 0 aliphatic carbocycles. The molecule has 28 heteroatoms. The Labute approximate surface area is 845 Å². The Hall–Kier alpha value is -11.1. The molecule has 3 unspecified atom stereocenters. The molecule has 6 aromatic carbocycles. The number of ketones is 3. The van der Waals surface area contributed by atoms with Crippen LogP contribution in [0.15, 0.2) is 91.0 Å². The molecule has 6 aromatic rings. The van der Waals surface area contributed by atoms with E-state index in [0.717, 1.165) is 78.5 Å². The van der Waals surface area contributed by atoms with E-state index < -0.39 is 49.6 Å². The number of phenols is 1. The minimum Gasteiger partial charge on any atom is -0.507 e. The number of ether oxygens (including phenoxy) is 4. The molecule has 0 saturated carbocycles. The lowest BCUT2D eigenvalue weighted by Crippen LogP contribution is -2.41. The molecule has 4 aliphatic heterocycles. The number of aryl methyl sites for hydroxylation is 12. The van der Waals surface area contributed by atoms with E-state index in [0.29, 0.717) is 81.0 Å². The summed E-state index contributed by atoms with van der Waals surface area (Å²) in [5.41, 5.74) is 18.8. The predicted octanol–water partition coefficient (Wildman–Crippen LogP) is 26.2. The number of Topliss-reactive ketones (excluding diaryl/α,β-unsaturated/α-hetero) is 3. The Morgan fingerprint density at radius 2 is 0.676 bits per heavy atom. The molecule has 10 rings (SSSR count). The zero-order valence-corrected chi connectivity index (χ0v) is 92.9. The second kappa shape index (κ2) is 50.9. The zero-order chi connectivity index (χ0) is 108. The highest BCUT2D eigenvalue weighted by atomic mass is 32.2. The van der Waals surface area contributed by atoms with Crippen LogP contribution in [0.4, 0.5) is 32.3 Å². The van der Waals surface area contributed by atoms with Gasteiger partial charge in [-0.15, -0.1) is 0 Å². The Balaban J connectivity index is 0.000000306. The summed E-state index contributed by atoms with van der Waals surface area (Å²) in [6, 6.07) is 24.3. The predicted molar refractivity (Wildman–Crippen MR) is 563 cm³/mol. The zero-order valence-electron chi connectivity index (χ0n) is 92.1. The maximum absolute atomic E-state index is 12.4. The summed E-state index contributed by atoms with van der Waals surface area (Å²) in [4.78, 5) is 119. The maximum atomic E-state index is 12.4. The van der Waals surface area contributed by atoms with Crippen LogP contribution >= 0.6 is 0 Å². The third kappa shape index (κ3) is 35.7. The average Bonchev–Trinajstić information content (AvgIpc) is 1.06. The molecule has 2 N–H and O–H groups in total. The van der Waals surface area contributed by atoms with Gasteiger partial charge in [-0.3, -0.25) is 24.0 Å². The number of alkyl halides is 3. The first-order valence-corrected chi connectivity index (χ1v) is 50.8. The van der Waals surface area contributed by atoms with Crippen LogP contribution in [0.2, 0.25) is 0 Å². The van der Waals surface area contributed by atoms with Crippen molar-refractivity contribution in [1.82, 2.24) is 34.7 Å². The second-order valence-electron chi connectivity index (χ2n) is 43.0. The van der Waals surface area contributed by atoms with Crippen molar-refractivity contribution in [2.24, 2.45) is 0 Å². The van der Waals surface area contributed by atoms with E-state index in [1.165, 1.54) is 96.5 Å².